The van der Waals surface area contributed by atoms with Gasteiger partial charge in [0.1, 0.15) is 11.6 Å². The molecule has 0 bridgehead atoms. The fourth-order valence-electron chi connectivity index (χ4n) is 6.58. The predicted octanol–water partition coefficient (Wildman–Crippen LogP) is 5.75. The van der Waals surface area contributed by atoms with Crippen LogP contribution in [0.1, 0.15) is 70.8 Å². The maximum atomic E-state index is 5.79. The van der Waals surface area contributed by atoms with E-state index >= 15 is 0 Å². The molecule has 1 saturated carbocycles. The first-order valence-corrected chi connectivity index (χ1v) is 14.4. The lowest BCUT2D eigenvalue weighted by Crippen LogP contribution is -2.43. The van der Waals surface area contributed by atoms with Crippen molar-refractivity contribution >= 4 is 34.9 Å². The van der Waals surface area contributed by atoms with Gasteiger partial charge in [0.15, 0.2) is 5.11 Å². The smallest absolute Gasteiger partial charge is 0.232 e. The van der Waals surface area contributed by atoms with Crippen LogP contribution < -0.4 is 20.4 Å². The molecular formula is C29H42N6S. The molecule has 1 aliphatic carbocycles. The first kappa shape index (κ1) is 25.2. The molecule has 0 amide bonds. The molecular weight excluding hydrogens is 464 g/mol. The van der Waals surface area contributed by atoms with Crippen molar-refractivity contribution in [1.82, 2.24) is 15.3 Å². The molecule has 2 aromatic rings. The van der Waals surface area contributed by atoms with Gasteiger partial charge in [0.2, 0.25) is 5.95 Å². The Labute approximate surface area is 222 Å². The number of piperidine rings is 1. The third kappa shape index (κ3) is 5.93. The van der Waals surface area contributed by atoms with Gasteiger partial charge in [-0.2, -0.15) is 9.97 Å². The van der Waals surface area contributed by atoms with Crippen LogP contribution in [0.25, 0.3) is 0 Å². The molecule has 1 aromatic carbocycles. The summed E-state index contributed by atoms with van der Waals surface area (Å²) in [7, 11) is 0. The van der Waals surface area contributed by atoms with Gasteiger partial charge in [-0.1, -0.05) is 63.4 Å². The highest BCUT2D eigenvalue weighted by Gasteiger charge is 2.34. The minimum atomic E-state index is 0.134. The molecule has 194 valence electrons. The Morgan fingerprint density at radius 2 is 1.56 bits per heavy atom. The van der Waals surface area contributed by atoms with Crippen LogP contribution in [0.3, 0.4) is 0 Å². The van der Waals surface area contributed by atoms with Gasteiger partial charge in [-0.05, 0) is 61.7 Å². The summed E-state index contributed by atoms with van der Waals surface area (Å²) in [5.74, 6) is 3.98. The highest BCUT2D eigenvalue weighted by Crippen LogP contribution is 2.39. The van der Waals surface area contributed by atoms with Crippen molar-refractivity contribution < 1.29 is 0 Å². The zero-order valence-electron chi connectivity index (χ0n) is 22.0. The summed E-state index contributed by atoms with van der Waals surface area (Å²) >= 11 is 5.79. The molecule has 0 spiro atoms. The minimum absolute atomic E-state index is 0.134. The molecule has 2 N–H and O–H groups in total. The van der Waals surface area contributed by atoms with Gasteiger partial charge < -0.3 is 20.4 Å². The highest BCUT2D eigenvalue weighted by atomic mass is 32.1. The zero-order chi connectivity index (χ0) is 25.0. The van der Waals surface area contributed by atoms with Gasteiger partial charge in [-0.3, -0.25) is 0 Å². The molecule has 2 aliphatic heterocycles. The second-order valence-electron chi connectivity index (χ2n) is 11.5. The van der Waals surface area contributed by atoms with Crippen molar-refractivity contribution in [1.29, 1.82) is 0 Å². The first-order valence-electron chi connectivity index (χ1n) is 14.0. The number of aromatic nitrogens is 2. The Morgan fingerprint density at radius 1 is 0.917 bits per heavy atom. The van der Waals surface area contributed by atoms with Crippen LogP contribution in [-0.4, -0.2) is 47.8 Å². The van der Waals surface area contributed by atoms with Gasteiger partial charge in [0.25, 0.3) is 0 Å². The number of hydrogen-bond donors (Lipinski definition) is 2. The van der Waals surface area contributed by atoms with E-state index in [9.17, 15) is 0 Å². The van der Waals surface area contributed by atoms with Crippen molar-refractivity contribution in [2.45, 2.75) is 70.6 Å². The number of anilines is 3. The van der Waals surface area contributed by atoms with Gasteiger partial charge in [-0.25, -0.2) is 0 Å². The van der Waals surface area contributed by atoms with E-state index in [1.165, 1.54) is 56.9 Å². The molecule has 1 aromatic heterocycles. The standard InChI is InChI=1S/C29H42N6S/c1-22-17-23(2)20-35(19-22)26-18-25(34-15-9-10-16-34)31-27(32-26)33-28(36)30-21-29(13-7-4-8-14-29)24-11-5-3-6-12-24/h3,5-6,11-12,18,22-23H,4,7-10,13-17,19-21H2,1-2H3,(H2,30,31,32,33,36)/t22-,23-/m1/s1. The third-order valence-electron chi connectivity index (χ3n) is 8.33. The summed E-state index contributed by atoms with van der Waals surface area (Å²) in [4.78, 5) is 14.7. The van der Waals surface area contributed by atoms with Crippen LogP contribution in [0.4, 0.5) is 17.6 Å². The van der Waals surface area contributed by atoms with Crippen LogP contribution in [-0.2, 0) is 5.41 Å². The first-order chi connectivity index (χ1) is 17.5. The van der Waals surface area contributed by atoms with E-state index < -0.39 is 0 Å². The lowest BCUT2D eigenvalue weighted by atomic mass is 9.69. The number of nitrogens with one attached hydrogen (secondary N) is 2. The highest BCUT2D eigenvalue weighted by molar-refractivity contribution is 7.80. The van der Waals surface area contributed by atoms with Gasteiger partial charge in [0.05, 0.1) is 0 Å². The predicted molar refractivity (Wildman–Crippen MR) is 154 cm³/mol. The van der Waals surface area contributed by atoms with Gasteiger partial charge >= 0.3 is 0 Å². The van der Waals surface area contributed by atoms with Crippen molar-refractivity contribution in [2.75, 3.05) is 47.8 Å². The van der Waals surface area contributed by atoms with Crippen molar-refractivity contribution in [3.63, 3.8) is 0 Å². The van der Waals surface area contributed by atoms with E-state index in [2.05, 4.69) is 70.7 Å². The molecule has 3 fully saturated rings. The van der Waals surface area contributed by atoms with Crippen LogP contribution in [0.5, 0.6) is 0 Å². The summed E-state index contributed by atoms with van der Waals surface area (Å²) in [5, 5.41) is 7.53. The lowest BCUT2D eigenvalue weighted by molar-refractivity contribution is 0.292. The van der Waals surface area contributed by atoms with Crippen molar-refractivity contribution in [3.05, 3.63) is 42.0 Å². The Balaban J connectivity index is 1.32. The maximum Gasteiger partial charge on any atom is 0.232 e. The van der Waals surface area contributed by atoms with E-state index in [-0.39, 0.29) is 5.41 Å². The third-order valence-corrected chi connectivity index (χ3v) is 8.58. The molecule has 7 heteroatoms. The lowest BCUT2D eigenvalue weighted by Gasteiger charge is -2.38. The van der Waals surface area contributed by atoms with E-state index in [1.807, 2.05) is 0 Å². The Kier molecular flexibility index (Phi) is 7.94. The van der Waals surface area contributed by atoms with E-state index in [1.54, 1.807) is 0 Å². The quantitative estimate of drug-likeness (QED) is 0.484. The number of benzene rings is 1. The van der Waals surface area contributed by atoms with Gasteiger partial charge in [0, 0.05) is 44.2 Å². The number of rotatable bonds is 6. The molecule has 5 rings (SSSR count). The molecule has 3 aliphatic rings. The maximum absolute atomic E-state index is 5.79. The summed E-state index contributed by atoms with van der Waals surface area (Å²) in [5.41, 5.74) is 1.55. The van der Waals surface area contributed by atoms with Crippen molar-refractivity contribution in [3.8, 4) is 0 Å². The average molecular weight is 507 g/mol. The summed E-state index contributed by atoms with van der Waals surface area (Å²) in [6.07, 6.45) is 9.99. The Hall–Kier alpha value is -2.41. The topological polar surface area (TPSA) is 56.3 Å². The van der Waals surface area contributed by atoms with Gasteiger partial charge in [-0.15, -0.1) is 0 Å². The molecule has 0 unspecified atom stereocenters. The largest absolute Gasteiger partial charge is 0.361 e. The second kappa shape index (κ2) is 11.3. The minimum Gasteiger partial charge on any atom is -0.361 e. The van der Waals surface area contributed by atoms with Crippen LogP contribution in [0.2, 0.25) is 0 Å². The summed E-state index contributed by atoms with van der Waals surface area (Å²) < 4.78 is 0. The number of thiocarbonyl (C=S) groups is 1. The average Bonchev–Trinajstić information content (AvgIpc) is 3.43. The molecule has 36 heavy (non-hydrogen) atoms. The molecule has 0 radical (unpaired) electrons. The number of nitrogens with zero attached hydrogens (tertiary/aromatic N) is 4. The fraction of sp³-hybridized carbons (Fsp3) is 0.621. The Bertz CT molecular complexity index is 1010. The summed E-state index contributed by atoms with van der Waals surface area (Å²) in [6.45, 7) is 9.73. The van der Waals surface area contributed by atoms with Crippen LogP contribution >= 0.6 is 12.2 Å². The second-order valence-corrected chi connectivity index (χ2v) is 11.9. The normalized spacial score (nSPS) is 23.9. The molecule has 2 saturated heterocycles. The molecule has 3 heterocycles. The fourth-order valence-corrected chi connectivity index (χ4v) is 6.74. The monoisotopic (exact) mass is 506 g/mol. The zero-order valence-corrected chi connectivity index (χ0v) is 22.8. The van der Waals surface area contributed by atoms with Crippen LogP contribution in [0.15, 0.2) is 36.4 Å². The number of hydrogen-bond acceptors (Lipinski definition) is 5. The molecule has 2 atom stereocenters. The Morgan fingerprint density at radius 3 is 2.22 bits per heavy atom. The van der Waals surface area contributed by atoms with E-state index in [0.717, 1.165) is 44.4 Å². The van der Waals surface area contributed by atoms with Crippen molar-refractivity contribution in [2.24, 2.45) is 11.8 Å². The summed E-state index contributed by atoms with van der Waals surface area (Å²) in [6, 6.07) is 13.2. The van der Waals surface area contributed by atoms with E-state index in [4.69, 9.17) is 22.2 Å². The van der Waals surface area contributed by atoms with Crippen LogP contribution in [0, 0.1) is 11.8 Å². The van der Waals surface area contributed by atoms with E-state index in [0.29, 0.717) is 22.9 Å². The SMILES string of the molecule is C[C@@H]1C[C@@H](C)CN(c2cc(N3CCCC3)nc(NC(=S)NCC3(c4ccccc4)CCCCC3)n2)C1. The molecule has 6 nitrogen and oxygen atoms in total.